The normalized spacial score (nSPS) is 11.2. The summed E-state index contributed by atoms with van der Waals surface area (Å²) >= 11 is 3.00. The Labute approximate surface area is 237 Å². The average Bonchev–Trinajstić information content (AvgIpc) is 2.87. The molecular weight excluding hydrogens is 597 g/mol. The molecular formula is C27H28BrF3N4O5. The molecule has 9 nitrogen and oxygen atoms in total. The van der Waals surface area contributed by atoms with Crippen LogP contribution in [0.5, 0.6) is 5.88 Å². The molecule has 0 aliphatic rings. The smallest absolute Gasteiger partial charge is 0.410 e. The summed E-state index contributed by atoms with van der Waals surface area (Å²) in [5, 5.41) is 12.3. The molecule has 214 valence electrons. The van der Waals surface area contributed by atoms with Crippen molar-refractivity contribution in [1.82, 2.24) is 9.88 Å². The van der Waals surface area contributed by atoms with Crippen LogP contribution in [0.3, 0.4) is 0 Å². The molecule has 3 rings (SSSR count). The number of ether oxygens (including phenoxy) is 2. The lowest BCUT2D eigenvalue weighted by molar-refractivity contribution is 0.0233. The molecule has 1 heterocycles. The van der Waals surface area contributed by atoms with Crippen molar-refractivity contribution in [2.45, 2.75) is 39.3 Å². The van der Waals surface area contributed by atoms with Crippen LogP contribution in [0.2, 0.25) is 0 Å². The number of nitrogens with two attached hydrogens (primary N) is 1. The third-order valence-corrected chi connectivity index (χ3v) is 6.18. The quantitative estimate of drug-likeness (QED) is 0.254. The number of nitrogen functional groups attached to an aromatic ring is 1. The summed E-state index contributed by atoms with van der Waals surface area (Å²) in [6.07, 6.45) is -0.699. The number of hydrogen-bond acceptors (Lipinski definition) is 7. The van der Waals surface area contributed by atoms with Gasteiger partial charge in [-0.05, 0) is 67.0 Å². The van der Waals surface area contributed by atoms with Gasteiger partial charge in [-0.3, -0.25) is 0 Å². The summed E-state index contributed by atoms with van der Waals surface area (Å²) in [5.74, 6) is -4.43. The number of aromatic carboxylic acids is 1. The minimum absolute atomic E-state index is 0.0486. The summed E-state index contributed by atoms with van der Waals surface area (Å²) in [6.45, 7) is 4.42. The zero-order chi connectivity index (χ0) is 29.8. The third-order valence-electron chi connectivity index (χ3n) is 5.57. The molecule has 0 fully saturated rings. The standard InChI is InChI=1S/C27H28BrF3N4O5/c1-27(2,3)40-26(38)35(10-9-21-19(32)6-8-23(34-21)39-4)13-15-20(7-5-17(29)24(15)31)33-22-12-16(28)18(30)11-14(22)25(36)37/h5-8,11-12,33H,9-10,13,32H2,1-4H3,(H,36,37). The monoisotopic (exact) mass is 624 g/mol. The molecule has 4 N–H and O–H groups in total. The number of carbonyl (C=O) groups excluding carboxylic acids is 1. The molecule has 40 heavy (non-hydrogen) atoms. The highest BCUT2D eigenvalue weighted by Gasteiger charge is 2.26. The Morgan fingerprint density at radius 2 is 1.80 bits per heavy atom. The zero-order valence-corrected chi connectivity index (χ0v) is 23.7. The van der Waals surface area contributed by atoms with Gasteiger partial charge >= 0.3 is 12.1 Å². The van der Waals surface area contributed by atoms with Gasteiger partial charge in [0.2, 0.25) is 5.88 Å². The van der Waals surface area contributed by atoms with Gasteiger partial charge in [-0.15, -0.1) is 0 Å². The van der Waals surface area contributed by atoms with Gasteiger partial charge in [0, 0.05) is 30.3 Å². The van der Waals surface area contributed by atoms with Gasteiger partial charge in [0.1, 0.15) is 11.4 Å². The predicted molar refractivity (Wildman–Crippen MR) is 146 cm³/mol. The van der Waals surface area contributed by atoms with Crippen molar-refractivity contribution in [2.24, 2.45) is 0 Å². The summed E-state index contributed by atoms with van der Waals surface area (Å²) in [5.41, 5.74) is 4.99. The largest absolute Gasteiger partial charge is 0.481 e. The summed E-state index contributed by atoms with van der Waals surface area (Å²) in [7, 11) is 1.44. The van der Waals surface area contributed by atoms with Crippen molar-refractivity contribution in [3.05, 3.63) is 75.1 Å². The number of halogens is 4. The Hall–Kier alpha value is -4.00. The Kier molecular flexibility index (Phi) is 9.51. The van der Waals surface area contributed by atoms with Crippen molar-refractivity contribution in [3.63, 3.8) is 0 Å². The summed E-state index contributed by atoms with van der Waals surface area (Å²) in [6, 6.07) is 7.14. The number of amides is 1. The highest BCUT2D eigenvalue weighted by atomic mass is 79.9. The minimum atomic E-state index is -1.45. The van der Waals surface area contributed by atoms with Crippen LogP contribution in [0, 0.1) is 17.5 Å². The topological polar surface area (TPSA) is 127 Å². The van der Waals surface area contributed by atoms with Crippen molar-refractivity contribution < 1.29 is 37.3 Å². The summed E-state index contributed by atoms with van der Waals surface area (Å²) < 4.78 is 54.2. The first-order valence-electron chi connectivity index (χ1n) is 11.9. The highest BCUT2D eigenvalue weighted by molar-refractivity contribution is 9.10. The molecule has 0 atom stereocenters. The number of pyridine rings is 1. The lowest BCUT2D eigenvalue weighted by atomic mass is 10.1. The fraction of sp³-hybridized carbons (Fsp3) is 0.296. The van der Waals surface area contributed by atoms with Gasteiger partial charge in [-0.25, -0.2) is 27.7 Å². The maximum atomic E-state index is 15.2. The van der Waals surface area contributed by atoms with Crippen LogP contribution < -0.4 is 15.8 Å². The Bertz CT molecular complexity index is 1430. The Morgan fingerprint density at radius 3 is 2.42 bits per heavy atom. The van der Waals surface area contributed by atoms with Gasteiger partial charge < -0.3 is 30.5 Å². The van der Waals surface area contributed by atoms with Crippen molar-refractivity contribution in [1.29, 1.82) is 0 Å². The maximum absolute atomic E-state index is 15.2. The van der Waals surface area contributed by atoms with Gasteiger partial charge in [0.25, 0.3) is 0 Å². The Morgan fingerprint density at radius 1 is 1.10 bits per heavy atom. The predicted octanol–water partition coefficient (Wildman–Crippen LogP) is 6.27. The van der Waals surface area contributed by atoms with E-state index in [1.54, 1.807) is 32.9 Å². The third kappa shape index (κ3) is 7.56. The van der Waals surface area contributed by atoms with Gasteiger partial charge in [0.05, 0.1) is 40.8 Å². The lowest BCUT2D eigenvalue weighted by Gasteiger charge is -2.28. The van der Waals surface area contributed by atoms with E-state index in [-0.39, 0.29) is 34.4 Å². The van der Waals surface area contributed by atoms with Crippen LogP contribution in [-0.4, -0.2) is 46.3 Å². The zero-order valence-electron chi connectivity index (χ0n) is 22.1. The van der Waals surface area contributed by atoms with E-state index in [2.05, 4.69) is 26.2 Å². The first-order chi connectivity index (χ1) is 18.7. The molecule has 0 unspecified atom stereocenters. The van der Waals surface area contributed by atoms with Gasteiger partial charge in [-0.2, -0.15) is 0 Å². The summed E-state index contributed by atoms with van der Waals surface area (Å²) in [4.78, 5) is 30.3. The van der Waals surface area contributed by atoms with E-state index in [4.69, 9.17) is 15.2 Å². The molecule has 0 aliphatic heterocycles. The fourth-order valence-electron chi connectivity index (χ4n) is 3.64. The average molecular weight is 625 g/mol. The maximum Gasteiger partial charge on any atom is 0.410 e. The van der Waals surface area contributed by atoms with E-state index in [9.17, 15) is 23.5 Å². The van der Waals surface area contributed by atoms with E-state index in [0.717, 1.165) is 23.1 Å². The second-order valence-corrected chi connectivity index (χ2v) is 10.5. The van der Waals surface area contributed by atoms with Crippen molar-refractivity contribution in [2.75, 3.05) is 24.7 Å². The molecule has 3 aromatic rings. The number of nitrogens with zero attached hydrogens (tertiary/aromatic N) is 2. The number of nitrogens with one attached hydrogen (secondary N) is 1. The van der Waals surface area contributed by atoms with Gasteiger partial charge in [-0.1, -0.05) is 0 Å². The number of carbonyl (C=O) groups is 2. The van der Waals surface area contributed by atoms with Crippen LogP contribution >= 0.6 is 15.9 Å². The van der Waals surface area contributed by atoms with Crippen molar-refractivity contribution in [3.8, 4) is 5.88 Å². The van der Waals surface area contributed by atoms with E-state index in [1.165, 1.54) is 13.2 Å². The van der Waals surface area contributed by atoms with Gasteiger partial charge in [0.15, 0.2) is 11.6 Å². The first-order valence-corrected chi connectivity index (χ1v) is 12.7. The van der Waals surface area contributed by atoms with Crippen LogP contribution in [-0.2, 0) is 17.7 Å². The number of rotatable bonds is 9. The first kappa shape index (κ1) is 30.5. The molecule has 0 radical (unpaired) electrons. The molecule has 2 aromatic carbocycles. The fourth-order valence-corrected chi connectivity index (χ4v) is 3.98. The molecule has 0 saturated carbocycles. The second-order valence-electron chi connectivity index (χ2n) is 9.67. The van der Waals surface area contributed by atoms with E-state index < -0.39 is 47.2 Å². The van der Waals surface area contributed by atoms with E-state index >= 15 is 4.39 Å². The molecule has 13 heteroatoms. The molecule has 1 aromatic heterocycles. The Balaban J connectivity index is 2.02. The molecule has 0 aliphatic carbocycles. The van der Waals surface area contributed by atoms with Crippen LogP contribution in [0.15, 0.2) is 40.9 Å². The lowest BCUT2D eigenvalue weighted by Crippen LogP contribution is -2.38. The van der Waals surface area contributed by atoms with E-state index in [0.29, 0.717) is 17.3 Å². The number of carboxylic acid groups (broad SMARTS) is 1. The molecule has 0 saturated heterocycles. The highest BCUT2D eigenvalue weighted by Crippen LogP contribution is 2.32. The molecule has 0 spiro atoms. The second kappa shape index (κ2) is 12.5. The van der Waals surface area contributed by atoms with Crippen LogP contribution in [0.4, 0.5) is 35.0 Å². The molecule has 1 amide bonds. The SMILES string of the molecule is COc1ccc(N)c(CCN(Cc2c(Nc3cc(Br)c(F)cc3C(=O)O)ccc(F)c2F)C(=O)OC(C)(C)C)n1. The van der Waals surface area contributed by atoms with Crippen LogP contribution in [0.25, 0.3) is 0 Å². The number of carboxylic acids is 1. The minimum Gasteiger partial charge on any atom is -0.481 e. The van der Waals surface area contributed by atoms with E-state index in [1.807, 2.05) is 0 Å². The number of benzene rings is 2. The number of hydrogen-bond donors (Lipinski definition) is 3. The molecule has 0 bridgehead atoms. The number of methoxy groups -OCH3 is 1. The van der Waals surface area contributed by atoms with Crippen molar-refractivity contribution >= 4 is 45.1 Å². The number of anilines is 3. The van der Waals surface area contributed by atoms with Crippen LogP contribution in [0.1, 0.15) is 42.4 Å². The number of aromatic nitrogens is 1.